The van der Waals surface area contributed by atoms with E-state index in [1.54, 1.807) is 12.1 Å². The first kappa shape index (κ1) is 20.2. The van der Waals surface area contributed by atoms with Crippen LogP contribution in [0.15, 0.2) is 60.1 Å². The summed E-state index contributed by atoms with van der Waals surface area (Å²) in [6, 6.07) is 10.7. The Hall–Kier alpha value is -3.53. The van der Waals surface area contributed by atoms with Crippen LogP contribution in [-0.2, 0) is 11.0 Å². The topological polar surface area (TPSA) is 84.0 Å². The zero-order valence-electron chi connectivity index (χ0n) is 14.6. The third-order valence-electron chi connectivity index (χ3n) is 3.61. The van der Waals surface area contributed by atoms with Crippen molar-refractivity contribution in [2.45, 2.75) is 6.18 Å². The molecule has 0 fully saturated rings. The van der Waals surface area contributed by atoms with Crippen molar-refractivity contribution in [2.75, 3.05) is 10.6 Å². The molecule has 0 radical (unpaired) electrons. The molecule has 0 unspecified atom stereocenters. The lowest BCUT2D eigenvalue weighted by atomic mass is 10.1. The third-order valence-corrected chi connectivity index (χ3v) is 4.22. The van der Waals surface area contributed by atoms with Crippen LogP contribution in [0.2, 0.25) is 0 Å². The van der Waals surface area contributed by atoms with Crippen molar-refractivity contribution in [2.24, 2.45) is 0 Å². The predicted molar refractivity (Wildman–Crippen MR) is 103 cm³/mol. The highest BCUT2D eigenvalue weighted by Crippen LogP contribution is 2.30. The Morgan fingerprint density at radius 3 is 2.55 bits per heavy atom. The van der Waals surface area contributed by atoms with Crippen molar-refractivity contribution in [1.29, 1.82) is 0 Å². The quantitative estimate of drug-likeness (QED) is 0.599. The number of carbonyl (C=O) groups excluding carboxylic acids is 2. The summed E-state index contributed by atoms with van der Waals surface area (Å²) in [4.78, 5) is 24.2. The van der Waals surface area contributed by atoms with E-state index in [-0.39, 0.29) is 11.3 Å². The van der Waals surface area contributed by atoms with Gasteiger partial charge in [-0.1, -0.05) is 29.5 Å². The average molecular weight is 418 g/mol. The van der Waals surface area contributed by atoms with E-state index in [9.17, 15) is 22.8 Å². The molecule has 10 heteroatoms. The number of carbonyl (C=O) groups is 2. The Kier molecular flexibility index (Phi) is 6.03. The second kappa shape index (κ2) is 8.65. The van der Waals surface area contributed by atoms with Crippen molar-refractivity contribution in [1.82, 2.24) is 10.2 Å². The van der Waals surface area contributed by atoms with Crippen LogP contribution in [0.5, 0.6) is 0 Å². The van der Waals surface area contributed by atoms with Crippen LogP contribution in [0.1, 0.15) is 21.5 Å². The fraction of sp³-hybridized carbons (Fsp3) is 0.0526. The Morgan fingerprint density at radius 1 is 1.03 bits per heavy atom. The van der Waals surface area contributed by atoms with Crippen LogP contribution in [0.25, 0.3) is 6.08 Å². The number of amides is 2. The number of nitrogens with zero attached hydrogens (tertiary/aromatic N) is 2. The van der Waals surface area contributed by atoms with Gasteiger partial charge in [0, 0.05) is 17.3 Å². The second-order valence-electron chi connectivity index (χ2n) is 5.72. The minimum absolute atomic E-state index is 0.0298. The molecule has 0 bridgehead atoms. The molecule has 148 valence electrons. The van der Waals surface area contributed by atoms with E-state index in [2.05, 4.69) is 20.8 Å². The number of rotatable bonds is 5. The Morgan fingerprint density at radius 2 is 1.83 bits per heavy atom. The molecule has 0 saturated heterocycles. The third kappa shape index (κ3) is 5.72. The molecular weight excluding hydrogens is 405 g/mol. The molecule has 0 aliphatic rings. The molecule has 2 aromatic carbocycles. The molecule has 6 nitrogen and oxygen atoms in total. The number of benzene rings is 2. The summed E-state index contributed by atoms with van der Waals surface area (Å²) in [6.45, 7) is 0. The lowest BCUT2D eigenvalue weighted by molar-refractivity contribution is -0.137. The van der Waals surface area contributed by atoms with Crippen molar-refractivity contribution in [3.05, 3.63) is 76.8 Å². The minimum Gasteiger partial charge on any atom is -0.322 e. The number of halogens is 3. The number of hydrogen-bond acceptors (Lipinski definition) is 5. The first-order valence-electron chi connectivity index (χ1n) is 8.15. The minimum atomic E-state index is -4.50. The normalized spacial score (nSPS) is 11.4. The Balaban J connectivity index is 1.68. The van der Waals surface area contributed by atoms with Gasteiger partial charge in [0.15, 0.2) is 0 Å². The van der Waals surface area contributed by atoms with Crippen LogP contribution < -0.4 is 10.6 Å². The first-order valence-corrected chi connectivity index (χ1v) is 9.03. The van der Waals surface area contributed by atoms with E-state index in [0.717, 1.165) is 12.1 Å². The molecule has 3 aromatic rings. The van der Waals surface area contributed by atoms with E-state index >= 15 is 0 Å². The summed E-state index contributed by atoms with van der Waals surface area (Å²) in [5.74, 6) is -0.988. The van der Waals surface area contributed by atoms with Crippen LogP contribution in [-0.4, -0.2) is 22.0 Å². The van der Waals surface area contributed by atoms with Crippen LogP contribution >= 0.6 is 11.3 Å². The van der Waals surface area contributed by atoms with Gasteiger partial charge in [-0.2, -0.15) is 13.2 Å². The van der Waals surface area contributed by atoms with Crippen molar-refractivity contribution in [3.63, 3.8) is 0 Å². The maximum absolute atomic E-state index is 12.8. The average Bonchev–Trinajstić information content (AvgIpc) is 3.19. The van der Waals surface area contributed by atoms with Crippen LogP contribution in [0, 0.1) is 0 Å². The fourth-order valence-electron chi connectivity index (χ4n) is 2.31. The largest absolute Gasteiger partial charge is 0.416 e. The molecule has 3 rings (SSSR count). The van der Waals surface area contributed by atoms with E-state index in [1.807, 2.05) is 0 Å². The molecule has 1 aromatic heterocycles. The van der Waals surface area contributed by atoms with E-state index in [1.165, 1.54) is 53.3 Å². The highest BCUT2D eigenvalue weighted by Gasteiger charge is 2.30. The van der Waals surface area contributed by atoms with Gasteiger partial charge in [-0.05, 0) is 42.0 Å². The van der Waals surface area contributed by atoms with Crippen molar-refractivity contribution >= 4 is 40.0 Å². The summed E-state index contributed by atoms with van der Waals surface area (Å²) >= 11 is 1.17. The number of hydrogen-bond donors (Lipinski definition) is 2. The van der Waals surface area contributed by atoms with Crippen molar-refractivity contribution in [3.8, 4) is 0 Å². The second-order valence-corrected chi connectivity index (χ2v) is 6.56. The maximum Gasteiger partial charge on any atom is 0.416 e. The molecule has 0 aliphatic heterocycles. The standard InChI is InChI=1S/C19H13F3N4O2S/c20-19(21,22)14-5-2-6-15(10-14)24-17(28)13-4-1-3-12(9-13)7-8-16(27)25-18-26-23-11-29-18/h1-11H,(H,24,28)(H,25,26,27)/b8-7+. The number of aromatic nitrogens is 2. The van der Waals surface area contributed by atoms with Crippen LogP contribution in [0.4, 0.5) is 24.0 Å². The molecule has 0 spiro atoms. The fourth-order valence-corrected chi connectivity index (χ4v) is 2.75. The summed E-state index contributed by atoms with van der Waals surface area (Å²) < 4.78 is 38.4. The van der Waals surface area contributed by atoms with Gasteiger partial charge in [-0.3, -0.25) is 14.9 Å². The molecular formula is C19H13F3N4O2S. The van der Waals surface area contributed by atoms with Gasteiger partial charge in [0.2, 0.25) is 11.0 Å². The molecule has 1 heterocycles. The Bertz CT molecular complexity index is 1050. The molecule has 0 atom stereocenters. The van der Waals surface area contributed by atoms with E-state index < -0.39 is 23.6 Å². The molecule has 2 N–H and O–H groups in total. The maximum atomic E-state index is 12.8. The van der Waals surface area contributed by atoms with Gasteiger partial charge < -0.3 is 5.32 Å². The number of nitrogens with one attached hydrogen (secondary N) is 2. The zero-order valence-corrected chi connectivity index (χ0v) is 15.4. The number of anilines is 2. The number of alkyl halides is 3. The lowest BCUT2D eigenvalue weighted by Gasteiger charge is -2.10. The van der Waals surface area contributed by atoms with Gasteiger partial charge in [-0.15, -0.1) is 10.2 Å². The smallest absolute Gasteiger partial charge is 0.322 e. The lowest BCUT2D eigenvalue weighted by Crippen LogP contribution is -2.13. The van der Waals surface area contributed by atoms with E-state index in [4.69, 9.17) is 0 Å². The van der Waals surface area contributed by atoms with Gasteiger partial charge in [-0.25, -0.2) is 0 Å². The first-order chi connectivity index (χ1) is 13.8. The van der Waals surface area contributed by atoms with Gasteiger partial charge >= 0.3 is 6.18 Å². The summed E-state index contributed by atoms with van der Waals surface area (Å²) in [5, 5.41) is 12.6. The van der Waals surface area contributed by atoms with Gasteiger partial charge in [0.1, 0.15) is 5.51 Å². The summed E-state index contributed by atoms with van der Waals surface area (Å²) in [6.07, 6.45) is -1.73. The SMILES string of the molecule is O=C(/C=C/c1cccc(C(=O)Nc2cccc(C(F)(F)F)c2)c1)Nc1nncs1. The van der Waals surface area contributed by atoms with Gasteiger partial charge in [0.25, 0.3) is 5.91 Å². The van der Waals surface area contributed by atoms with E-state index in [0.29, 0.717) is 10.7 Å². The Labute approximate surface area is 167 Å². The summed E-state index contributed by atoms with van der Waals surface area (Å²) in [5.41, 5.74) is 1.45. The molecule has 0 aliphatic carbocycles. The molecule has 0 saturated carbocycles. The zero-order chi connectivity index (χ0) is 20.9. The van der Waals surface area contributed by atoms with Crippen LogP contribution in [0.3, 0.4) is 0 Å². The molecule has 29 heavy (non-hydrogen) atoms. The van der Waals surface area contributed by atoms with Gasteiger partial charge in [0.05, 0.1) is 5.56 Å². The predicted octanol–water partition coefficient (Wildman–Crippen LogP) is 4.46. The monoisotopic (exact) mass is 418 g/mol. The van der Waals surface area contributed by atoms with Crippen molar-refractivity contribution < 1.29 is 22.8 Å². The molecule has 2 amide bonds. The highest BCUT2D eigenvalue weighted by molar-refractivity contribution is 7.13. The highest BCUT2D eigenvalue weighted by atomic mass is 32.1. The summed E-state index contributed by atoms with van der Waals surface area (Å²) in [7, 11) is 0.